The van der Waals surface area contributed by atoms with E-state index in [1.54, 1.807) is 27.7 Å². The third-order valence-electron chi connectivity index (χ3n) is 11.5. The molecule has 4 aliphatic rings. The van der Waals surface area contributed by atoms with Crippen LogP contribution in [0.3, 0.4) is 0 Å². The van der Waals surface area contributed by atoms with Gasteiger partial charge in [-0.15, -0.1) is 0 Å². The van der Waals surface area contributed by atoms with Crippen molar-refractivity contribution in [2.45, 2.75) is 127 Å². The van der Waals surface area contributed by atoms with Crippen molar-refractivity contribution in [2.75, 3.05) is 0 Å². The average molecular weight is 511 g/mol. The molecule has 11 atom stereocenters. The highest BCUT2D eigenvalue weighted by molar-refractivity contribution is 6.00. The van der Waals surface area contributed by atoms with Gasteiger partial charge in [-0.3, -0.25) is 4.79 Å². The first-order chi connectivity index (χ1) is 16.3. The van der Waals surface area contributed by atoms with E-state index in [-0.39, 0.29) is 31.1 Å². The van der Waals surface area contributed by atoms with E-state index in [4.69, 9.17) is 0 Å². The summed E-state index contributed by atoms with van der Waals surface area (Å²) in [5.74, 6) is -1.67. The van der Waals surface area contributed by atoms with Crippen molar-refractivity contribution in [3.8, 4) is 0 Å². The number of hydrogen-bond acceptors (Lipinski definition) is 8. The minimum Gasteiger partial charge on any atom is -0.390 e. The van der Waals surface area contributed by atoms with Gasteiger partial charge in [0.15, 0.2) is 5.78 Å². The van der Waals surface area contributed by atoms with Gasteiger partial charge in [-0.2, -0.15) is 0 Å². The number of fused-ring (bicyclic) bond motifs is 5. The van der Waals surface area contributed by atoms with Crippen molar-refractivity contribution in [3.63, 3.8) is 0 Å². The zero-order chi connectivity index (χ0) is 27.3. The van der Waals surface area contributed by atoms with Crippen molar-refractivity contribution in [3.05, 3.63) is 11.6 Å². The van der Waals surface area contributed by atoms with Crippen LogP contribution in [0.25, 0.3) is 0 Å². The van der Waals surface area contributed by atoms with E-state index < -0.39 is 63.2 Å². The fourth-order valence-corrected chi connectivity index (χ4v) is 8.39. The molecule has 0 spiro atoms. The number of rotatable bonds is 5. The Hall–Kier alpha value is -0.870. The molecule has 8 nitrogen and oxygen atoms in total. The van der Waals surface area contributed by atoms with Crippen molar-refractivity contribution in [1.82, 2.24) is 0 Å². The lowest BCUT2D eigenvalue weighted by atomic mass is 9.44. The Morgan fingerprint density at radius 1 is 0.972 bits per heavy atom. The second-order valence-corrected chi connectivity index (χ2v) is 13.8. The smallest absolute Gasteiger partial charge is 0.187 e. The van der Waals surface area contributed by atoms with Gasteiger partial charge in [0, 0.05) is 17.3 Å². The van der Waals surface area contributed by atoms with Crippen LogP contribution in [0.1, 0.15) is 86.5 Å². The molecule has 0 radical (unpaired) electrons. The zero-order valence-corrected chi connectivity index (χ0v) is 22.5. The maximum absolute atomic E-state index is 13.4. The summed E-state index contributed by atoms with van der Waals surface area (Å²) in [5, 5.41) is 77.6. The molecule has 36 heavy (non-hydrogen) atoms. The van der Waals surface area contributed by atoms with Crippen molar-refractivity contribution in [1.29, 1.82) is 0 Å². The molecule has 0 bridgehead atoms. The van der Waals surface area contributed by atoms with E-state index in [1.807, 2.05) is 13.8 Å². The lowest BCUT2D eigenvalue weighted by Crippen LogP contribution is -2.69. The zero-order valence-electron chi connectivity index (χ0n) is 22.5. The van der Waals surface area contributed by atoms with Gasteiger partial charge >= 0.3 is 0 Å². The van der Waals surface area contributed by atoms with Crippen LogP contribution in [0.2, 0.25) is 0 Å². The van der Waals surface area contributed by atoms with Gasteiger partial charge < -0.3 is 35.7 Å². The molecule has 4 rings (SSSR count). The fraction of sp³-hybridized carbons (Fsp3) is 0.893. The molecule has 4 aliphatic carbocycles. The van der Waals surface area contributed by atoms with E-state index in [2.05, 4.69) is 0 Å². The van der Waals surface area contributed by atoms with Gasteiger partial charge in [-0.25, -0.2) is 0 Å². The first-order valence-electron chi connectivity index (χ1n) is 13.5. The third kappa shape index (κ3) is 3.63. The number of aliphatic hydroxyl groups excluding tert-OH is 3. The van der Waals surface area contributed by atoms with Gasteiger partial charge in [-0.1, -0.05) is 20.8 Å². The highest BCUT2D eigenvalue weighted by Gasteiger charge is 2.71. The van der Waals surface area contributed by atoms with Crippen LogP contribution in [-0.4, -0.2) is 82.2 Å². The first kappa shape index (κ1) is 28.1. The van der Waals surface area contributed by atoms with Gasteiger partial charge in [0.1, 0.15) is 5.60 Å². The summed E-state index contributed by atoms with van der Waals surface area (Å²) in [6, 6.07) is 0. The van der Waals surface area contributed by atoms with Crippen LogP contribution >= 0.6 is 0 Å². The van der Waals surface area contributed by atoms with Crippen LogP contribution in [0.4, 0.5) is 0 Å². The highest BCUT2D eigenvalue weighted by Crippen LogP contribution is 2.69. The third-order valence-corrected chi connectivity index (χ3v) is 11.5. The minimum absolute atomic E-state index is 0.0416. The molecule has 0 aromatic carbocycles. The van der Waals surface area contributed by atoms with Crippen LogP contribution in [0.5, 0.6) is 0 Å². The molecule has 0 saturated heterocycles. The predicted octanol–water partition coefficient (Wildman–Crippen LogP) is 1.21. The molecule has 8 heteroatoms. The summed E-state index contributed by atoms with van der Waals surface area (Å²) in [6.45, 7) is 10.5. The number of hydrogen-bond donors (Lipinski definition) is 7. The molecule has 0 aromatic heterocycles. The molecule has 206 valence electrons. The maximum atomic E-state index is 13.4. The summed E-state index contributed by atoms with van der Waals surface area (Å²) >= 11 is 0. The van der Waals surface area contributed by atoms with E-state index in [9.17, 15) is 40.5 Å². The molecular formula is C28H46O8. The quantitative estimate of drug-likeness (QED) is 0.291. The van der Waals surface area contributed by atoms with E-state index >= 15 is 0 Å². The summed E-state index contributed by atoms with van der Waals surface area (Å²) < 4.78 is 0. The van der Waals surface area contributed by atoms with E-state index in [0.29, 0.717) is 31.3 Å². The molecule has 0 aliphatic heterocycles. The average Bonchev–Trinajstić information content (AvgIpc) is 3.03. The summed E-state index contributed by atoms with van der Waals surface area (Å²) in [6.07, 6.45) is -0.284. The maximum Gasteiger partial charge on any atom is 0.187 e. The van der Waals surface area contributed by atoms with Gasteiger partial charge in [0.25, 0.3) is 0 Å². The Kier molecular flexibility index (Phi) is 6.50. The van der Waals surface area contributed by atoms with Gasteiger partial charge in [-0.05, 0) is 88.7 Å². The standard InChI is InChI=1S/C28H46O8/c1-15(23(2,3)33)11-21(31)26(6,34)20-8-10-27(35)17-12-22(32)28(36)14-19(30)18(29)13-25(28,5)16(17)7-9-24(20,27)4/h12,15-16,18-21,29-31,33-36H,7-11,13-14H2,1-6H3/t15-,16-,18-,19+,20-,21?,24+,25+,26+,27?,28+/m0/s1. The first-order valence-corrected chi connectivity index (χ1v) is 13.5. The Labute approximate surface area is 214 Å². The fourth-order valence-electron chi connectivity index (χ4n) is 8.39. The normalized spacial score (nSPS) is 48.2. The minimum atomic E-state index is -1.82. The van der Waals surface area contributed by atoms with Gasteiger partial charge in [0.05, 0.1) is 35.1 Å². The lowest BCUT2D eigenvalue weighted by Gasteiger charge is -2.62. The molecule has 3 fully saturated rings. The SMILES string of the molecule is C[C@@H](CC(O)[C@](C)(O)[C@H]1CCC2(O)C3=CC(=O)[C@]4(O)C[C@@H](O)[C@@H](O)C[C@]4(C)[C@H]3CC[C@]12C)C(C)(C)O. The Morgan fingerprint density at radius 2 is 1.56 bits per heavy atom. The number of aliphatic hydroxyl groups is 7. The van der Waals surface area contributed by atoms with Crippen LogP contribution in [-0.2, 0) is 4.79 Å². The number of carbonyl (C=O) groups is 1. The Bertz CT molecular complexity index is 938. The Balaban J connectivity index is 1.70. The molecule has 0 amide bonds. The molecule has 0 heterocycles. The predicted molar refractivity (Wildman–Crippen MR) is 133 cm³/mol. The second-order valence-electron chi connectivity index (χ2n) is 13.8. The van der Waals surface area contributed by atoms with Crippen molar-refractivity contribution >= 4 is 5.78 Å². The Morgan fingerprint density at radius 3 is 2.14 bits per heavy atom. The molecule has 2 unspecified atom stereocenters. The van der Waals surface area contributed by atoms with E-state index in [0.717, 1.165) is 0 Å². The van der Waals surface area contributed by atoms with Gasteiger partial charge in [0.2, 0.25) is 0 Å². The molecule has 3 saturated carbocycles. The molecular weight excluding hydrogens is 464 g/mol. The van der Waals surface area contributed by atoms with Crippen molar-refractivity contribution in [2.24, 2.45) is 28.6 Å². The molecule has 0 aromatic rings. The number of ketones is 1. The van der Waals surface area contributed by atoms with E-state index in [1.165, 1.54) is 6.08 Å². The summed E-state index contributed by atoms with van der Waals surface area (Å²) in [5.41, 5.74) is -7.16. The topological polar surface area (TPSA) is 159 Å². The highest BCUT2D eigenvalue weighted by atomic mass is 16.3. The monoisotopic (exact) mass is 510 g/mol. The number of carbonyl (C=O) groups excluding carboxylic acids is 1. The van der Waals surface area contributed by atoms with Crippen LogP contribution in [0.15, 0.2) is 11.6 Å². The molecule has 7 N–H and O–H groups in total. The summed E-state index contributed by atoms with van der Waals surface area (Å²) in [7, 11) is 0. The largest absolute Gasteiger partial charge is 0.390 e. The van der Waals surface area contributed by atoms with Crippen LogP contribution < -0.4 is 0 Å². The second kappa shape index (κ2) is 8.31. The van der Waals surface area contributed by atoms with Crippen LogP contribution in [0, 0.1) is 28.6 Å². The summed E-state index contributed by atoms with van der Waals surface area (Å²) in [4.78, 5) is 13.4. The van der Waals surface area contributed by atoms with Crippen molar-refractivity contribution < 1.29 is 40.5 Å². The lowest BCUT2D eigenvalue weighted by molar-refractivity contribution is -0.212.